The molecule has 0 aromatic rings. The predicted octanol–water partition coefficient (Wildman–Crippen LogP) is 1.83. The Kier molecular flexibility index (Phi) is 4.52. The van der Waals surface area contributed by atoms with Gasteiger partial charge in [0.2, 0.25) is 0 Å². The van der Waals surface area contributed by atoms with Crippen molar-refractivity contribution in [3.8, 4) is 0 Å². The second-order valence-electron chi connectivity index (χ2n) is 1.34. The van der Waals surface area contributed by atoms with Gasteiger partial charge in [-0.05, 0) is 0 Å². The minimum absolute atomic E-state index is 0.221. The molecule has 0 aromatic heterocycles. The van der Waals surface area contributed by atoms with E-state index in [4.69, 9.17) is 4.55 Å². The van der Waals surface area contributed by atoms with Crippen LogP contribution >= 0.6 is 67.8 Å². The molecule has 0 rings (SSSR count). The molecule has 7 heteroatoms. The Balaban J connectivity index is 4.07. The summed E-state index contributed by atoms with van der Waals surface area (Å²) in [5.74, 6) is -0.221. The van der Waals surface area contributed by atoms with Gasteiger partial charge in [0.15, 0.2) is 0 Å². The molecule has 0 aliphatic heterocycles. The molecule has 0 saturated heterocycles. The van der Waals surface area contributed by atoms with Crippen LogP contribution in [0.1, 0.15) is 0 Å². The van der Waals surface area contributed by atoms with E-state index < -0.39 is 9.55 Å². The minimum atomic E-state index is -3.80. The highest BCUT2D eigenvalue weighted by atomic mass is 127. The Labute approximate surface area is 94.5 Å². The Morgan fingerprint density at radius 3 is 1.67 bits per heavy atom. The van der Waals surface area contributed by atoms with Crippen LogP contribution in [0.25, 0.3) is 0 Å². The molecular formula is C2H3I3O3S. The third-order valence-electron chi connectivity index (χ3n) is 0.346. The normalized spacial score (nSPS) is 13.8. The van der Waals surface area contributed by atoms with Gasteiger partial charge in [0.1, 0.15) is 5.19 Å². The van der Waals surface area contributed by atoms with Crippen molar-refractivity contribution in [1.82, 2.24) is 0 Å². The average Bonchev–Trinajstić information content (AvgIpc) is 1.14. The summed E-state index contributed by atoms with van der Waals surface area (Å²) >= 11 is 5.81. The van der Waals surface area contributed by atoms with Gasteiger partial charge >= 0.3 is 0 Å². The summed E-state index contributed by atoms with van der Waals surface area (Å²) in [6.45, 7) is 0. The van der Waals surface area contributed by atoms with E-state index in [0.29, 0.717) is 0 Å². The van der Waals surface area contributed by atoms with E-state index in [0.717, 1.165) is 0 Å². The molecule has 56 valence electrons. The van der Waals surface area contributed by atoms with Crippen LogP contribution in [-0.4, -0.2) is 18.2 Å². The lowest BCUT2D eigenvalue weighted by molar-refractivity contribution is 0.485. The van der Waals surface area contributed by atoms with Crippen LogP contribution in [-0.2, 0) is 10.1 Å². The Hall–Kier alpha value is 2.10. The number of alkyl halides is 3. The van der Waals surface area contributed by atoms with Crippen LogP contribution in [0.5, 0.6) is 0 Å². The molecule has 0 atom stereocenters. The Morgan fingerprint density at radius 2 is 1.67 bits per heavy atom. The van der Waals surface area contributed by atoms with Crippen LogP contribution in [0.15, 0.2) is 0 Å². The van der Waals surface area contributed by atoms with Gasteiger partial charge in [-0.15, -0.1) is 0 Å². The second-order valence-corrected chi connectivity index (χ2v) is 14.5. The van der Waals surface area contributed by atoms with E-state index in [-0.39, 0.29) is 5.75 Å². The maximum absolute atomic E-state index is 10.2. The van der Waals surface area contributed by atoms with Gasteiger partial charge in [-0.3, -0.25) is 4.55 Å². The molecular weight excluding hydrogens is 485 g/mol. The fourth-order valence-corrected chi connectivity index (χ4v) is 4.16. The van der Waals surface area contributed by atoms with Gasteiger partial charge in [-0.1, -0.05) is 67.8 Å². The maximum atomic E-state index is 10.2. The summed E-state index contributed by atoms with van der Waals surface area (Å²) < 4.78 is 28.2. The molecule has 3 nitrogen and oxygen atoms in total. The fraction of sp³-hybridized carbons (Fsp3) is 1.00. The molecule has 0 amide bonds. The molecule has 0 unspecified atom stereocenters. The average molecular weight is 488 g/mol. The molecule has 0 aliphatic rings. The molecule has 0 heterocycles. The fourth-order valence-electron chi connectivity index (χ4n) is 0.207. The lowest BCUT2D eigenvalue weighted by Gasteiger charge is -2.07. The summed E-state index contributed by atoms with van der Waals surface area (Å²) in [7, 11) is -3.80. The highest BCUT2D eigenvalue weighted by Crippen LogP contribution is 2.36. The summed E-state index contributed by atoms with van der Waals surface area (Å²) in [5.41, 5.74) is 0. The third kappa shape index (κ3) is 10.1. The maximum Gasteiger partial charge on any atom is 0.267 e. The first kappa shape index (κ1) is 11.1. The van der Waals surface area contributed by atoms with Crippen molar-refractivity contribution in [3.63, 3.8) is 0 Å². The zero-order valence-corrected chi connectivity index (χ0v) is 11.3. The Morgan fingerprint density at radius 1 is 1.33 bits per heavy atom. The molecule has 1 N–H and O–H groups in total. The van der Waals surface area contributed by atoms with Crippen molar-refractivity contribution in [3.05, 3.63) is 0 Å². The van der Waals surface area contributed by atoms with Gasteiger partial charge in [0.05, 0.1) is 0 Å². The van der Waals surface area contributed by atoms with Crippen molar-refractivity contribution in [2.75, 3.05) is 5.75 Å². The standard InChI is InChI=1S/C2H3I3O3S/c3-2(4,5)1-9(6,7)8/h1H2,(H,6,7,8). The highest BCUT2D eigenvalue weighted by molar-refractivity contribution is 14.3. The first-order valence-electron chi connectivity index (χ1n) is 1.73. The quantitative estimate of drug-likeness (QED) is 0.367. The van der Waals surface area contributed by atoms with Gasteiger partial charge in [0.25, 0.3) is 10.1 Å². The van der Waals surface area contributed by atoms with E-state index in [9.17, 15) is 8.42 Å². The van der Waals surface area contributed by atoms with Crippen molar-refractivity contribution in [2.45, 2.75) is -0.565 Å². The highest BCUT2D eigenvalue weighted by Gasteiger charge is 2.24. The summed E-state index contributed by atoms with van der Waals surface area (Å²) in [5, 5.41) is 0. The van der Waals surface area contributed by atoms with Crippen molar-refractivity contribution >= 4 is 77.9 Å². The molecule has 0 fully saturated rings. The van der Waals surface area contributed by atoms with Crippen LogP contribution < -0.4 is 0 Å². The van der Waals surface area contributed by atoms with Crippen molar-refractivity contribution in [1.29, 1.82) is 0 Å². The molecule has 0 aromatic carbocycles. The molecule has 0 aliphatic carbocycles. The predicted molar refractivity (Wildman–Crippen MR) is 61.2 cm³/mol. The van der Waals surface area contributed by atoms with E-state index in [2.05, 4.69) is 0 Å². The first-order chi connectivity index (χ1) is 3.71. The van der Waals surface area contributed by atoms with Crippen molar-refractivity contribution in [2.24, 2.45) is 0 Å². The molecule has 0 radical (unpaired) electrons. The number of hydrogen-bond acceptors (Lipinski definition) is 2. The second kappa shape index (κ2) is 3.67. The largest absolute Gasteiger partial charge is 0.285 e. The number of hydrogen-bond donors (Lipinski definition) is 1. The summed E-state index contributed by atoms with van der Waals surface area (Å²) in [4.78, 5) is 0. The third-order valence-corrected chi connectivity index (χ3v) is 3.84. The van der Waals surface area contributed by atoms with Crippen LogP contribution in [0, 0.1) is 0 Å². The number of halogens is 3. The van der Waals surface area contributed by atoms with Gasteiger partial charge < -0.3 is 0 Å². The van der Waals surface area contributed by atoms with E-state index >= 15 is 0 Å². The summed E-state index contributed by atoms with van der Waals surface area (Å²) in [6.07, 6.45) is 0. The van der Waals surface area contributed by atoms with Crippen LogP contribution in [0.2, 0.25) is 0 Å². The van der Waals surface area contributed by atoms with Crippen LogP contribution in [0.3, 0.4) is 0 Å². The smallest absolute Gasteiger partial charge is 0.267 e. The summed E-state index contributed by atoms with van der Waals surface area (Å²) in [6, 6.07) is 0. The topological polar surface area (TPSA) is 54.4 Å². The van der Waals surface area contributed by atoms with E-state index in [1.54, 1.807) is 0 Å². The lowest BCUT2D eigenvalue weighted by atomic mass is 11.0. The molecule has 0 spiro atoms. The number of rotatable bonds is 2. The molecule has 0 saturated carbocycles. The van der Waals surface area contributed by atoms with E-state index in [1.165, 1.54) is 0 Å². The minimum Gasteiger partial charge on any atom is -0.285 e. The zero-order valence-electron chi connectivity index (χ0n) is 4.01. The molecule has 0 bridgehead atoms. The zero-order chi connectivity index (χ0) is 7.71. The monoisotopic (exact) mass is 488 g/mol. The molecule has 9 heavy (non-hydrogen) atoms. The van der Waals surface area contributed by atoms with Gasteiger partial charge in [0, 0.05) is 0 Å². The van der Waals surface area contributed by atoms with Crippen LogP contribution in [0.4, 0.5) is 0 Å². The Bertz CT molecular complexity index is 178. The van der Waals surface area contributed by atoms with Gasteiger partial charge in [-0.25, -0.2) is 0 Å². The SMILES string of the molecule is O=S(=O)(O)CC(I)(I)I. The van der Waals surface area contributed by atoms with Gasteiger partial charge in [-0.2, -0.15) is 8.42 Å². The lowest BCUT2D eigenvalue weighted by Crippen LogP contribution is -2.16. The van der Waals surface area contributed by atoms with Crippen molar-refractivity contribution < 1.29 is 13.0 Å². The van der Waals surface area contributed by atoms with E-state index in [1.807, 2.05) is 67.8 Å². The first-order valence-corrected chi connectivity index (χ1v) is 6.57.